The third kappa shape index (κ3) is 2.65. The lowest BCUT2D eigenvalue weighted by molar-refractivity contribution is -0.0885. The van der Waals surface area contributed by atoms with E-state index in [1.54, 1.807) is 6.20 Å². The summed E-state index contributed by atoms with van der Waals surface area (Å²) >= 11 is 0. The smallest absolute Gasteiger partial charge is 0.0757 e. The molecule has 0 radical (unpaired) electrons. The maximum atomic E-state index is 11.3. The molecule has 3 N–H and O–H groups in total. The van der Waals surface area contributed by atoms with Gasteiger partial charge in [-0.15, -0.1) is 0 Å². The molecule has 0 unspecified atom stereocenters. The predicted molar refractivity (Wildman–Crippen MR) is 113 cm³/mol. The molecule has 1 aromatic rings. The largest absolute Gasteiger partial charge is 0.395 e. The van der Waals surface area contributed by atoms with E-state index in [2.05, 4.69) is 31.0 Å². The molecule has 1 heterocycles. The van der Waals surface area contributed by atoms with Gasteiger partial charge in [-0.1, -0.05) is 30.2 Å². The van der Waals surface area contributed by atoms with Crippen LogP contribution in [0, 0.1) is 28.6 Å². The van der Waals surface area contributed by atoms with Crippen LogP contribution in [0.2, 0.25) is 0 Å². The van der Waals surface area contributed by atoms with Crippen molar-refractivity contribution >= 4 is 5.57 Å². The van der Waals surface area contributed by atoms with Gasteiger partial charge < -0.3 is 15.3 Å². The number of fused-ring (bicyclic) bond motifs is 5. The molecule has 0 saturated heterocycles. The molecule has 0 spiro atoms. The van der Waals surface area contributed by atoms with Crippen LogP contribution in [0.1, 0.15) is 57.9 Å². The van der Waals surface area contributed by atoms with Crippen molar-refractivity contribution in [2.45, 2.75) is 64.6 Å². The van der Waals surface area contributed by atoms with E-state index in [4.69, 9.17) is 0 Å². The zero-order valence-electron chi connectivity index (χ0n) is 17.5. The molecule has 156 valence electrons. The van der Waals surface area contributed by atoms with Gasteiger partial charge in [-0.25, -0.2) is 0 Å². The Labute approximate surface area is 173 Å². The molecule has 2 saturated carbocycles. The van der Waals surface area contributed by atoms with Gasteiger partial charge >= 0.3 is 0 Å². The molecule has 1 aromatic heterocycles. The van der Waals surface area contributed by atoms with Crippen LogP contribution in [0.15, 0.2) is 41.7 Å². The Morgan fingerprint density at radius 2 is 1.97 bits per heavy atom. The first-order chi connectivity index (χ1) is 13.9. The van der Waals surface area contributed by atoms with E-state index in [-0.39, 0.29) is 35.4 Å². The number of aliphatic hydroxyl groups excluding tert-OH is 3. The Morgan fingerprint density at radius 3 is 2.69 bits per heavy atom. The molecule has 7 atom stereocenters. The number of allylic oxidation sites excluding steroid dienone is 1. The van der Waals surface area contributed by atoms with Crippen molar-refractivity contribution in [1.29, 1.82) is 0 Å². The van der Waals surface area contributed by atoms with E-state index < -0.39 is 6.10 Å². The summed E-state index contributed by atoms with van der Waals surface area (Å²) in [6.07, 6.45) is 10.5. The highest BCUT2D eigenvalue weighted by molar-refractivity contribution is 5.76. The third-order valence-electron chi connectivity index (χ3n) is 8.99. The molecule has 4 heteroatoms. The van der Waals surface area contributed by atoms with Crippen molar-refractivity contribution in [2.24, 2.45) is 28.6 Å². The summed E-state index contributed by atoms with van der Waals surface area (Å²) in [7, 11) is 0. The monoisotopic (exact) mass is 395 g/mol. The fourth-order valence-electron chi connectivity index (χ4n) is 7.69. The lowest BCUT2D eigenvalue weighted by Gasteiger charge is -2.59. The molecule has 29 heavy (non-hydrogen) atoms. The predicted octanol–water partition coefficient (Wildman–Crippen LogP) is 3.73. The van der Waals surface area contributed by atoms with E-state index in [1.807, 2.05) is 12.3 Å². The second-order valence-corrected chi connectivity index (χ2v) is 10.2. The highest BCUT2D eigenvalue weighted by Crippen LogP contribution is 2.67. The molecule has 4 aliphatic carbocycles. The second-order valence-electron chi connectivity index (χ2n) is 10.2. The van der Waals surface area contributed by atoms with Gasteiger partial charge in [-0.05, 0) is 85.8 Å². The Balaban J connectivity index is 1.57. The zero-order chi connectivity index (χ0) is 20.4. The summed E-state index contributed by atoms with van der Waals surface area (Å²) in [5.74, 6) is 0.817. The Kier molecular flexibility index (Phi) is 4.54. The van der Waals surface area contributed by atoms with Gasteiger partial charge in [0.25, 0.3) is 0 Å². The van der Waals surface area contributed by atoms with E-state index >= 15 is 0 Å². The average molecular weight is 396 g/mol. The van der Waals surface area contributed by atoms with Crippen LogP contribution in [0.4, 0.5) is 0 Å². The van der Waals surface area contributed by atoms with Crippen LogP contribution in [0.25, 0.3) is 5.57 Å². The molecule has 0 amide bonds. The molecule has 4 nitrogen and oxygen atoms in total. The van der Waals surface area contributed by atoms with Gasteiger partial charge in [-0.3, -0.25) is 4.98 Å². The number of pyridine rings is 1. The van der Waals surface area contributed by atoms with Crippen molar-refractivity contribution in [1.82, 2.24) is 4.98 Å². The first kappa shape index (κ1) is 19.5. The standard InChI is InChI=1S/C25H33NO3/c1-15-10-20-22-19(24(2)7-5-18(28)11-17(24)12-21(22)29)6-8-25(20,14-27)23(15)16-4-3-9-26-13-16/h3-4,9,12-13,18-22,27-29H,5-8,10-11,14H2,1-2H3/t18-,19-,20-,21-,22+,24-,25+/m0/s1. The lowest BCUT2D eigenvalue weighted by atomic mass is 9.46. The van der Waals surface area contributed by atoms with Gasteiger partial charge in [0.1, 0.15) is 0 Å². The van der Waals surface area contributed by atoms with Crippen LogP contribution < -0.4 is 0 Å². The highest BCUT2D eigenvalue weighted by Gasteiger charge is 2.61. The summed E-state index contributed by atoms with van der Waals surface area (Å²) in [6, 6.07) is 4.08. The first-order valence-corrected chi connectivity index (χ1v) is 11.2. The van der Waals surface area contributed by atoms with E-state index in [0.717, 1.165) is 37.7 Å². The molecular formula is C25H33NO3. The molecule has 0 bridgehead atoms. The Hall–Kier alpha value is -1.49. The lowest BCUT2D eigenvalue weighted by Crippen LogP contribution is -2.55. The van der Waals surface area contributed by atoms with Crippen LogP contribution >= 0.6 is 0 Å². The Bertz CT molecular complexity index is 862. The zero-order valence-corrected chi connectivity index (χ0v) is 17.5. The number of aliphatic hydroxyl groups is 3. The van der Waals surface area contributed by atoms with Crippen molar-refractivity contribution in [3.05, 3.63) is 47.3 Å². The van der Waals surface area contributed by atoms with Crippen molar-refractivity contribution < 1.29 is 15.3 Å². The highest BCUT2D eigenvalue weighted by atomic mass is 16.3. The van der Waals surface area contributed by atoms with Gasteiger partial charge in [0.05, 0.1) is 18.8 Å². The Morgan fingerprint density at radius 1 is 1.14 bits per heavy atom. The van der Waals surface area contributed by atoms with Gasteiger partial charge in [-0.2, -0.15) is 0 Å². The summed E-state index contributed by atoms with van der Waals surface area (Å²) in [5, 5.41) is 32.2. The molecule has 4 aliphatic rings. The minimum atomic E-state index is -0.495. The van der Waals surface area contributed by atoms with E-state index in [0.29, 0.717) is 12.3 Å². The van der Waals surface area contributed by atoms with Crippen LogP contribution in [-0.4, -0.2) is 39.1 Å². The number of hydrogen-bond donors (Lipinski definition) is 3. The number of rotatable bonds is 2. The fraction of sp³-hybridized carbons (Fsp3) is 0.640. The molecular weight excluding hydrogens is 362 g/mol. The minimum absolute atomic E-state index is 0.0652. The summed E-state index contributed by atoms with van der Waals surface area (Å²) in [4.78, 5) is 4.34. The van der Waals surface area contributed by atoms with Gasteiger partial charge in [0, 0.05) is 17.8 Å². The van der Waals surface area contributed by atoms with Crippen LogP contribution in [-0.2, 0) is 0 Å². The normalized spacial score (nSPS) is 44.0. The topological polar surface area (TPSA) is 73.6 Å². The van der Waals surface area contributed by atoms with E-state index in [1.165, 1.54) is 16.7 Å². The van der Waals surface area contributed by atoms with Crippen LogP contribution in [0.5, 0.6) is 0 Å². The van der Waals surface area contributed by atoms with Gasteiger partial charge in [0.15, 0.2) is 0 Å². The van der Waals surface area contributed by atoms with Gasteiger partial charge in [0.2, 0.25) is 0 Å². The van der Waals surface area contributed by atoms with Crippen molar-refractivity contribution in [3.63, 3.8) is 0 Å². The van der Waals surface area contributed by atoms with Crippen molar-refractivity contribution in [3.8, 4) is 0 Å². The maximum absolute atomic E-state index is 11.3. The molecule has 0 aliphatic heterocycles. The van der Waals surface area contributed by atoms with E-state index in [9.17, 15) is 15.3 Å². The summed E-state index contributed by atoms with van der Waals surface area (Å²) < 4.78 is 0. The van der Waals surface area contributed by atoms with Crippen LogP contribution in [0.3, 0.4) is 0 Å². The summed E-state index contributed by atoms with van der Waals surface area (Å²) in [6.45, 7) is 4.68. The van der Waals surface area contributed by atoms with Crippen molar-refractivity contribution in [2.75, 3.05) is 6.61 Å². The minimum Gasteiger partial charge on any atom is -0.395 e. The second kappa shape index (κ2) is 6.76. The number of nitrogens with zero attached hydrogens (tertiary/aromatic N) is 1. The SMILES string of the molecule is CC1=C(c2cccnc2)[C@@]2(CO)CC[C@H]3[C@@H]([C@@H](O)C=C4C[C@@H](O)CC[C@@]43C)[C@@H]2C1. The average Bonchev–Trinajstić information content (AvgIpc) is 3.02. The quantitative estimate of drug-likeness (QED) is 0.667. The molecule has 2 fully saturated rings. The summed E-state index contributed by atoms with van der Waals surface area (Å²) in [5.41, 5.74) is 4.76. The fourth-order valence-corrected chi connectivity index (χ4v) is 7.69. The number of aromatic nitrogens is 1. The maximum Gasteiger partial charge on any atom is 0.0757 e. The first-order valence-electron chi connectivity index (χ1n) is 11.2. The molecule has 0 aromatic carbocycles. The number of hydrogen-bond acceptors (Lipinski definition) is 4. The third-order valence-corrected chi connectivity index (χ3v) is 8.99. The molecule has 5 rings (SSSR count).